The number of amides is 1. The summed E-state index contributed by atoms with van der Waals surface area (Å²) in [7, 11) is 6.28. The molecule has 1 amide bonds. The smallest absolute Gasteiger partial charge is 0.253 e. The number of hydrogen-bond acceptors (Lipinski definition) is 5. The van der Waals surface area contributed by atoms with E-state index >= 15 is 0 Å². The number of likely N-dealkylation sites (N-methyl/N-ethyl adjacent to an activating group) is 1. The van der Waals surface area contributed by atoms with Crippen LogP contribution in [0.5, 0.6) is 17.2 Å². The van der Waals surface area contributed by atoms with Gasteiger partial charge in [0.25, 0.3) is 5.91 Å². The van der Waals surface area contributed by atoms with Gasteiger partial charge in [0, 0.05) is 18.7 Å². The number of benzene rings is 2. The third kappa shape index (κ3) is 4.64. The highest BCUT2D eigenvalue weighted by Crippen LogP contribution is 2.24. The second-order valence-corrected chi connectivity index (χ2v) is 5.58. The Morgan fingerprint density at radius 2 is 1.48 bits per heavy atom. The van der Waals surface area contributed by atoms with Gasteiger partial charge in [-0.2, -0.15) is 0 Å². The predicted molar refractivity (Wildman–Crippen MR) is 94.5 cm³/mol. The van der Waals surface area contributed by atoms with Crippen molar-refractivity contribution in [3.8, 4) is 17.2 Å². The first-order valence-corrected chi connectivity index (χ1v) is 7.79. The maximum absolute atomic E-state index is 12.6. The summed E-state index contributed by atoms with van der Waals surface area (Å²) >= 11 is 0. The quantitative estimate of drug-likeness (QED) is 0.835. The Morgan fingerprint density at radius 1 is 0.960 bits per heavy atom. The van der Waals surface area contributed by atoms with E-state index in [1.165, 1.54) is 19.1 Å². The van der Waals surface area contributed by atoms with Gasteiger partial charge in [0.1, 0.15) is 17.2 Å². The molecule has 6 nitrogen and oxygen atoms in total. The predicted octanol–water partition coefficient (Wildman–Crippen LogP) is 2.52. The van der Waals surface area contributed by atoms with Crippen molar-refractivity contribution >= 4 is 5.91 Å². The molecule has 0 saturated heterocycles. The van der Waals surface area contributed by atoms with Gasteiger partial charge < -0.3 is 24.2 Å². The number of aliphatic hydroxyl groups excluding tert-OH is 1. The van der Waals surface area contributed by atoms with Crippen molar-refractivity contribution in [3.05, 3.63) is 53.6 Å². The van der Waals surface area contributed by atoms with E-state index in [9.17, 15) is 9.90 Å². The minimum Gasteiger partial charge on any atom is -0.497 e. The molecule has 0 aliphatic carbocycles. The molecule has 0 spiro atoms. The number of aliphatic hydroxyl groups is 1. The van der Waals surface area contributed by atoms with Crippen molar-refractivity contribution in [1.29, 1.82) is 0 Å². The zero-order chi connectivity index (χ0) is 18.4. The van der Waals surface area contributed by atoms with E-state index in [-0.39, 0.29) is 12.5 Å². The van der Waals surface area contributed by atoms with Crippen LogP contribution in [0.1, 0.15) is 22.0 Å². The van der Waals surface area contributed by atoms with Crippen molar-refractivity contribution in [3.63, 3.8) is 0 Å². The lowest BCUT2D eigenvalue weighted by atomic mass is 10.1. The summed E-state index contributed by atoms with van der Waals surface area (Å²) in [5.41, 5.74) is 1.14. The maximum atomic E-state index is 12.6. The molecule has 6 heteroatoms. The zero-order valence-corrected chi connectivity index (χ0v) is 14.9. The minimum absolute atomic E-state index is 0.157. The fraction of sp³-hybridized carbons (Fsp3) is 0.316. The van der Waals surface area contributed by atoms with E-state index in [1.807, 2.05) is 0 Å². The van der Waals surface area contributed by atoms with Gasteiger partial charge in [-0.15, -0.1) is 0 Å². The zero-order valence-electron chi connectivity index (χ0n) is 14.9. The fourth-order valence-corrected chi connectivity index (χ4v) is 2.43. The molecule has 0 aliphatic heterocycles. The Hall–Kier alpha value is -2.73. The van der Waals surface area contributed by atoms with Crippen LogP contribution in [0.2, 0.25) is 0 Å². The molecular formula is C19H23NO5. The van der Waals surface area contributed by atoms with E-state index in [2.05, 4.69) is 0 Å². The second kappa shape index (κ2) is 8.39. The molecule has 25 heavy (non-hydrogen) atoms. The molecule has 0 aromatic heterocycles. The normalized spacial score (nSPS) is 11.6. The molecule has 2 aromatic carbocycles. The molecule has 0 bridgehead atoms. The topological polar surface area (TPSA) is 68.2 Å². The molecule has 0 heterocycles. The average Bonchev–Trinajstić information content (AvgIpc) is 2.66. The van der Waals surface area contributed by atoms with Crippen LogP contribution < -0.4 is 14.2 Å². The van der Waals surface area contributed by atoms with Crippen molar-refractivity contribution < 1.29 is 24.1 Å². The molecule has 1 atom stereocenters. The van der Waals surface area contributed by atoms with Crippen LogP contribution in [-0.4, -0.2) is 50.8 Å². The van der Waals surface area contributed by atoms with Crippen molar-refractivity contribution in [2.75, 3.05) is 34.9 Å². The molecule has 0 aliphatic rings. The highest BCUT2D eigenvalue weighted by molar-refractivity contribution is 5.95. The van der Waals surface area contributed by atoms with Gasteiger partial charge in [-0.3, -0.25) is 4.79 Å². The first kappa shape index (κ1) is 18.6. The number of carbonyl (C=O) groups is 1. The Balaban J connectivity index is 2.11. The average molecular weight is 345 g/mol. The first-order valence-electron chi connectivity index (χ1n) is 7.79. The van der Waals surface area contributed by atoms with E-state index in [0.29, 0.717) is 28.4 Å². The van der Waals surface area contributed by atoms with Crippen LogP contribution in [0, 0.1) is 0 Å². The summed E-state index contributed by atoms with van der Waals surface area (Å²) in [6.45, 7) is 0.157. The van der Waals surface area contributed by atoms with Crippen LogP contribution in [0.25, 0.3) is 0 Å². The number of nitrogens with zero attached hydrogens (tertiary/aromatic N) is 1. The van der Waals surface area contributed by atoms with Gasteiger partial charge >= 0.3 is 0 Å². The largest absolute Gasteiger partial charge is 0.497 e. The molecule has 0 fully saturated rings. The van der Waals surface area contributed by atoms with Gasteiger partial charge in [-0.1, -0.05) is 12.1 Å². The molecule has 2 rings (SSSR count). The van der Waals surface area contributed by atoms with E-state index in [4.69, 9.17) is 14.2 Å². The third-order valence-corrected chi connectivity index (χ3v) is 3.89. The lowest BCUT2D eigenvalue weighted by Gasteiger charge is -2.22. The van der Waals surface area contributed by atoms with Crippen LogP contribution in [0.4, 0.5) is 0 Å². The van der Waals surface area contributed by atoms with Crippen LogP contribution in [0.3, 0.4) is 0 Å². The number of rotatable bonds is 7. The monoisotopic (exact) mass is 345 g/mol. The highest BCUT2D eigenvalue weighted by atomic mass is 16.5. The van der Waals surface area contributed by atoms with Crippen LogP contribution >= 0.6 is 0 Å². The summed E-state index contributed by atoms with van der Waals surface area (Å²) in [5.74, 6) is 1.55. The van der Waals surface area contributed by atoms with Crippen molar-refractivity contribution in [1.82, 2.24) is 4.90 Å². The van der Waals surface area contributed by atoms with Crippen molar-refractivity contribution in [2.24, 2.45) is 0 Å². The molecular weight excluding hydrogens is 322 g/mol. The summed E-state index contributed by atoms with van der Waals surface area (Å²) < 4.78 is 15.5. The van der Waals surface area contributed by atoms with Crippen LogP contribution in [0.15, 0.2) is 42.5 Å². The Morgan fingerprint density at radius 3 is 1.96 bits per heavy atom. The molecule has 2 aromatic rings. The lowest BCUT2D eigenvalue weighted by Crippen LogP contribution is -2.31. The molecule has 0 radical (unpaired) electrons. The molecule has 1 N–H and O–H groups in total. The summed E-state index contributed by atoms with van der Waals surface area (Å²) in [6, 6.07) is 12.1. The molecule has 1 unspecified atom stereocenters. The van der Waals surface area contributed by atoms with Gasteiger partial charge in [0.15, 0.2) is 0 Å². The summed E-state index contributed by atoms with van der Waals surface area (Å²) in [5, 5.41) is 10.4. The minimum atomic E-state index is -0.799. The molecule has 0 saturated carbocycles. The summed E-state index contributed by atoms with van der Waals surface area (Å²) in [6.07, 6.45) is -0.799. The lowest BCUT2D eigenvalue weighted by molar-refractivity contribution is 0.0680. The number of carbonyl (C=O) groups excluding carboxylic acids is 1. The maximum Gasteiger partial charge on any atom is 0.253 e. The van der Waals surface area contributed by atoms with Gasteiger partial charge in [-0.05, 0) is 29.8 Å². The van der Waals surface area contributed by atoms with E-state index in [0.717, 1.165) is 0 Å². The highest BCUT2D eigenvalue weighted by Gasteiger charge is 2.18. The van der Waals surface area contributed by atoms with E-state index < -0.39 is 6.10 Å². The number of ether oxygens (including phenoxy) is 3. The van der Waals surface area contributed by atoms with Crippen LogP contribution in [-0.2, 0) is 0 Å². The Kier molecular flexibility index (Phi) is 6.25. The van der Waals surface area contributed by atoms with Gasteiger partial charge in [-0.25, -0.2) is 0 Å². The van der Waals surface area contributed by atoms with E-state index in [1.54, 1.807) is 56.6 Å². The fourth-order valence-electron chi connectivity index (χ4n) is 2.43. The third-order valence-electron chi connectivity index (χ3n) is 3.89. The summed E-state index contributed by atoms with van der Waals surface area (Å²) in [4.78, 5) is 14.1. The van der Waals surface area contributed by atoms with Crippen molar-refractivity contribution in [2.45, 2.75) is 6.10 Å². The number of hydrogen-bond donors (Lipinski definition) is 1. The first-order chi connectivity index (χ1) is 12.0. The second-order valence-electron chi connectivity index (χ2n) is 5.58. The standard InChI is InChI=1S/C19H23NO5/c1-20(12-18(21)13-5-7-15(23-2)8-6-13)19(22)14-9-16(24-3)11-17(10-14)25-4/h5-11,18,21H,12H2,1-4H3. The van der Waals surface area contributed by atoms with Gasteiger partial charge in [0.05, 0.1) is 34.0 Å². The number of methoxy groups -OCH3 is 3. The molecule has 134 valence electrons. The SMILES string of the molecule is COc1ccc(C(O)CN(C)C(=O)c2cc(OC)cc(OC)c2)cc1. The Bertz CT molecular complexity index is 692. The van der Waals surface area contributed by atoms with Gasteiger partial charge in [0.2, 0.25) is 0 Å². The Labute approximate surface area is 147 Å².